The van der Waals surface area contributed by atoms with Crippen LogP contribution in [0.3, 0.4) is 0 Å². The first-order valence-corrected chi connectivity index (χ1v) is 42.2. The number of ether oxygens (including phenoxy) is 6. The van der Waals surface area contributed by atoms with Crippen LogP contribution in [0.5, 0.6) is 0 Å². The molecule has 0 aromatic heterocycles. The third kappa shape index (κ3) is 44.2. The highest BCUT2D eigenvalue weighted by Crippen LogP contribution is 2.33. The topological polar surface area (TPSA) is 307 Å². The Hall–Kier alpha value is -2.77. The van der Waals surface area contributed by atoms with Crippen LogP contribution in [0.25, 0.3) is 0 Å². The van der Waals surface area contributed by atoms with Crippen molar-refractivity contribution in [1.29, 1.82) is 0 Å². The Kier molecular flexibility index (Phi) is 59.6. The van der Waals surface area contributed by atoms with Gasteiger partial charge in [-0.25, -0.2) is 0 Å². The molecule has 3 aliphatic rings. The number of aliphatic hydroxyl groups is 11. The van der Waals surface area contributed by atoms with Gasteiger partial charge in [-0.1, -0.05) is 331 Å². The smallest absolute Gasteiger partial charge is 0.220 e. The summed E-state index contributed by atoms with van der Waals surface area (Å²) in [6.07, 6.45) is 59.1. The fourth-order valence-electron chi connectivity index (χ4n) is 14.0. The van der Waals surface area contributed by atoms with E-state index in [0.29, 0.717) is 6.42 Å². The molecule has 17 atom stereocenters. The predicted octanol–water partition coefficient (Wildman–Crippen LogP) is 14.8. The van der Waals surface area contributed by atoms with Crippen LogP contribution < -0.4 is 5.32 Å². The Morgan fingerprint density at radius 2 is 0.663 bits per heavy atom. The zero-order chi connectivity index (χ0) is 75.3. The summed E-state index contributed by atoms with van der Waals surface area (Å²) < 4.78 is 34.5. The van der Waals surface area contributed by atoms with E-state index in [0.717, 1.165) is 77.0 Å². The summed E-state index contributed by atoms with van der Waals surface area (Å²) in [6.45, 7) is 1.66. The maximum Gasteiger partial charge on any atom is 0.220 e. The lowest BCUT2D eigenvalue weighted by molar-refractivity contribution is -0.379. The zero-order valence-electron chi connectivity index (χ0n) is 65.0. The van der Waals surface area contributed by atoms with Gasteiger partial charge in [-0.15, -0.1) is 0 Å². The third-order valence-electron chi connectivity index (χ3n) is 20.8. The summed E-state index contributed by atoms with van der Waals surface area (Å²) >= 11 is 0. The van der Waals surface area contributed by atoms with Gasteiger partial charge in [-0.05, 0) is 64.2 Å². The summed E-state index contributed by atoms with van der Waals surface area (Å²) in [5, 5.41) is 121. The molecule has 17 unspecified atom stereocenters. The fourth-order valence-corrected chi connectivity index (χ4v) is 14.0. The largest absolute Gasteiger partial charge is 0.394 e. The minimum Gasteiger partial charge on any atom is -0.394 e. The van der Waals surface area contributed by atoms with Gasteiger partial charge >= 0.3 is 0 Å². The number of unbranched alkanes of at least 4 members (excludes halogenated alkanes) is 41. The molecule has 0 bridgehead atoms. The highest BCUT2D eigenvalue weighted by molar-refractivity contribution is 5.76. The fraction of sp³-hybridized carbons (Fsp3) is 0.847. The Bertz CT molecular complexity index is 2160. The van der Waals surface area contributed by atoms with Crippen molar-refractivity contribution in [2.75, 3.05) is 26.4 Å². The summed E-state index contributed by atoms with van der Waals surface area (Å²) in [5.74, 6) is -0.270. The number of carbonyl (C=O) groups is 1. The van der Waals surface area contributed by atoms with E-state index in [4.69, 9.17) is 28.4 Å². The van der Waals surface area contributed by atoms with Crippen molar-refractivity contribution in [3.05, 3.63) is 72.9 Å². The Labute approximate surface area is 629 Å². The minimum absolute atomic E-state index is 0.246. The molecular formula is C85H153NO18. The lowest BCUT2D eigenvalue weighted by Crippen LogP contribution is -2.66. The van der Waals surface area contributed by atoms with E-state index < -0.39 is 124 Å². The van der Waals surface area contributed by atoms with Gasteiger partial charge in [0.25, 0.3) is 0 Å². The number of hydrogen-bond acceptors (Lipinski definition) is 18. The monoisotopic (exact) mass is 1480 g/mol. The highest BCUT2D eigenvalue weighted by atomic mass is 16.8. The molecule has 0 aliphatic carbocycles. The maximum atomic E-state index is 13.5. The quantitative estimate of drug-likeness (QED) is 0.0199. The van der Waals surface area contributed by atoms with Crippen LogP contribution in [0.2, 0.25) is 0 Å². The lowest BCUT2D eigenvalue weighted by atomic mass is 9.96. The summed E-state index contributed by atoms with van der Waals surface area (Å²) in [4.78, 5) is 13.5. The van der Waals surface area contributed by atoms with E-state index >= 15 is 0 Å². The van der Waals surface area contributed by atoms with Crippen LogP contribution in [-0.4, -0.2) is 193 Å². The van der Waals surface area contributed by atoms with Crippen LogP contribution in [-0.2, 0) is 33.2 Å². The number of carbonyl (C=O) groups excluding carboxylic acids is 1. The summed E-state index contributed by atoms with van der Waals surface area (Å²) in [6, 6.07) is -0.974. The van der Waals surface area contributed by atoms with E-state index in [9.17, 15) is 61.0 Å². The van der Waals surface area contributed by atoms with Crippen LogP contribution in [0.15, 0.2) is 72.9 Å². The molecule has 0 aromatic rings. The van der Waals surface area contributed by atoms with Gasteiger partial charge in [-0.2, -0.15) is 0 Å². The van der Waals surface area contributed by atoms with Crippen LogP contribution in [0.1, 0.15) is 328 Å². The first-order valence-electron chi connectivity index (χ1n) is 42.2. The number of hydrogen-bond donors (Lipinski definition) is 12. The van der Waals surface area contributed by atoms with Crippen molar-refractivity contribution in [3.63, 3.8) is 0 Å². The van der Waals surface area contributed by atoms with Gasteiger partial charge in [0.1, 0.15) is 73.2 Å². The molecule has 3 saturated heterocycles. The van der Waals surface area contributed by atoms with E-state index in [1.54, 1.807) is 6.08 Å². The number of nitrogens with one attached hydrogen (secondary N) is 1. The van der Waals surface area contributed by atoms with Gasteiger partial charge in [-0.3, -0.25) is 4.79 Å². The molecule has 0 saturated carbocycles. The highest BCUT2D eigenvalue weighted by Gasteiger charge is 2.54. The Morgan fingerprint density at radius 1 is 0.356 bits per heavy atom. The second-order valence-corrected chi connectivity index (χ2v) is 29.9. The van der Waals surface area contributed by atoms with Crippen molar-refractivity contribution in [3.8, 4) is 0 Å². The third-order valence-corrected chi connectivity index (χ3v) is 20.8. The molecule has 3 aliphatic heterocycles. The minimum atomic E-state index is -1.98. The second-order valence-electron chi connectivity index (χ2n) is 29.9. The molecular weight excluding hydrogens is 1320 g/mol. The Balaban J connectivity index is 1.29. The average molecular weight is 1480 g/mol. The second kappa shape index (κ2) is 65.0. The van der Waals surface area contributed by atoms with Crippen LogP contribution >= 0.6 is 0 Å². The van der Waals surface area contributed by atoms with Gasteiger partial charge in [0.15, 0.2) is 18.9 Å². The van der Waals surface area contributed by atoms with Crippen molar-refractivity contribution < 1.29 is 89.4 Å². The average Bonchev–Trinajstić information content (AvgIpc) is 0.783. The molecule has 3 heterocycles. The van der Waals surface area contributed by atoms with E-state index in [1.165, 1.54) is 225 Å². The number of amides is 1. The zero-order valence-corrected chi connectivity index (χ0v) is 65.0. The lowest BCUT2D eigenvalue weighted by Gasteiger charge is -2.48. The van der Waals surface area contributed by atoms with Gasteiger partial charge in [0.2, 0.25) is 5.91 Å². The first-order chi connectivity index (χ1) is 50.8. The molecule has 0 aromatic carbocycles. The van der Waals surface area contributed by atoms with Crippen LogP contribution in [0.4, 0.5) is 0 Å². The normalized spacial score (nSPS) is 26.3. The van der Waals surface area contributed by atoms with Gasteiger partial charge in [0, 0.05) is 6.42 Å². The molecule has 0 spiro atoms. The first kappa shape index (κ1) is 95.4. The standard InChI is InChI=1S/C85H153NO18/c1-3-5-7-9-11-13-15-17-19-21-23-24-25-26-27-28-29-30-31-32-33-34-35-36-37-38-39-40-41-42-43-44-45-47-49-51-53-55-57-59-61-63-73(91)86-68(69(90)62-60-58-56-54-52-50-48-46-22-20-18-16-14-12-10-8-6-4-2)67-99-83-79(97)76(94)81(71(65-88)101-83)104-85-80(98)77(95)82(72(66-89)102-85)103-84-78(96)75(93)74(92)70(64-87)100-84/h5,7,11,13,17,19,23-24,26-27,60,62,68-72,74-85,87-90,92-98H,3-4,6,8-10,12,14-16,18,20-22,25,28-59,61,63-67H2,1-2H3,(H,86,91)/b7-5-,13-11-,19-17-,24-23-,27-26-,62-60+. The number of aliphatic hydroxyl groups excluding tert-OH is 11. The van der Waals surface area contributed by atoms with Crippen molar-refractivity contribution >= 4 is 5.91 Å². The molecule has 1 amide bonds. The van der Waals surface area contributed by atoms with E-state index in [1.807, 2.05) is 6.08 Å². The van der Waals surface area contributed by atoms with Gasteiger partial charge < -0.3 is 89.9 Å². The molecule has 104 heavy (non-hydrogen) atoms. The predicted molar refractivity (Wildman–Crippen MR) is 415 cm³/mol. The van der Waals surface area contributed by atoms with Crippen molar-refractivity contribution in [2.24, 2.45) is 0 Å². The Morgan fingerprint density at radius 3 is 1.04 bits per heavy atom. The summed E-state index contributed by atoms with van der Waals surface area (Å²) in [5.41, 5.74) is 0. The molecule has 19 nitrogen and oxygen atoms in total. The van der Waals surface area contributed by atoms with Crippen molar-refractivity contribution in [1.82, 2.24) is 5.32 Å². The molecule has 19 heteroatoms. The molecule has 3 rings (SSSR count). The molecule has 3 fully saturated rings. The van der Waals surface area contributed by atoms with Crippen molar-refractivity contribution in [2.45, 2.75) is 433 Å². The van der Waals surface area contributed by atoms with Crippen LogP contribution in [0, 0.1) is 0 Å². The molecule has 606 valence electrons. The SMILES string of the molecule is CC/C=C\C/C=C\C/C=C\C/C=C\C/C=C\CCCCCCCCCCCCCCCCCCCCCCCCCCCC(=O)NC(COC1OC(CO)C(OC2OC(CO)C(OC3OC(CO)C(O)C(O)C3O)C(O)C2O)C(O)C1O)C(O)/C=C/CCCCCCCCCCCCCCCCCC. The molecule has 0 radical (unpaired) electrons. The van der Waals surface area contributed by atoms with E-state index in [2.05, 4.69) is 79.9 Å². The molecule has 12 N–H and O–H groups in total. The number of rotatable bonds is 67. The number of allylic oxidation sites excluding steroid dienone is 11. The maximum absolute atomic E-state index is 13.5. The van der Waals surface area contributed by atoms with E-state index in [-0.39, 0.29) is 18.9 Å². The van der Waals surface area contributed by atoms with Gasteiger partial charge in [0.05, 0.1) is 38.6 Å². The summed E-state index contributed by atoms with van der Waals surface area (Å²) in [7, 11) is 0.